The molecule has 0 aromatic carbocycles. The Bertz CT molecular complexity index is 508. The summed E-state index contributed by atoms with van der Waals surface area (Å²) in [5, 5.41) is 6.04. The van der Waals surface area contributed by atoms with E-state index in [2.05, 4.69) is 20.6 Å². The van der Waals surface area contributed by atoms with Gasteiger partial charge in [0.05, 0.1) is 6.54 Å². The van der Waals surface area contributed by atoms with Crippen LogP contribution in [-0.2, 0) is 6.54 Å². The number of rotatable bonds is 4. The van der Waals surface area contributed by atoms with Gasteiger partial charge >= 0.3 is 0 Å². The Morgan fingerprint density at radius 2 is 2.06 bits per heavy atom. The zero-order valence-electron chi connectivity index (χ0n) is 9.82. The molecule has 0 atom stereocenters. The monoisotopic (exact) mass is 233 g/mol. The van der Waals surface area contributed by atoms with E-state index in [0.29, 0.717) is 18.2 Å². The van der Waals surface area contributed by atoms with E-state index in [1.54, 1.807) is 13.1 Å². The molecule has 0 bridgehead atoms. The van der Waals surface area contributed by atoms with Crippen LogP contribution < -0.4 is 16.4 Å². The number of nitrogens with two attached hydrogens (primary N) is 1. The van der Waals surface area contributed by atoms with Gasteiger partial charge in [0.25, 0.3) is 0 Å². The molecule has 2 aromatic rings. The topological polar surface area (TPSA) is 89.0 Å². The Kier molecular flexibility index (Phi) is 3.13. The first-order valence-corrected chi connectivity index (χ1v) is 5.29. The average molecular weight is 233 g/mol. The molecule has 4 N–H and O–H groups in total. The minimum atomic E-state index is 0.231. The molecule has 0 aliphatic carbocycles. The van der Waals surface area contributed by atoms with Crippen molar-refractivity contribution < 1.29 is 4.42 Å². The fourth-order valence-electron chi connectivity index (χ4n) is 1.44. The van der Waals surface area contributed by atoms with Crippen LogP contribution >= 0.6 is 0 Å². The van der Waals surface area contributed by atoms with Crippen LogP contribution in [-0.4, -0.2) is 17.0 Å². The number of aromatic nitrogens is 2. The maximum Gasteiger partial charge on any atom is 0.223 e. The average Bonchev–Trinajstić information content (AvgIpc) is 2.72. The van der Waals surface area contributed by atoms with Crippen LogP contribution in [0, 0.1) is 6.92 Å². The molecule has 0 radical (unpaired) electrons. The van der Waals surface area contributed by atoms with E-state index >= 15 is 0 Å². The van der Waals surface area contributed by atoms with E-state index in [-0.39, 0.29) is 5.95 Å². The number of nitrogens with one attached hydrogen (secondary N) is 2. The molecule has 0 unspecified atom stereocenters. The molecule has 2 aromatic heterocycles. The summed E-state index contributed by atoms with van der Waals surface area (Å²) in [6.07, 6.45) is 0. The highest BCUT2D eigenvalue weighted by Crippen LogP contribution is 2.14. The number of hydrogen-bond donors (Lipinski definition) is 3. The molecule has 2 rings (SSSR count). The second kappa shape index (κ2) is 4.73. The van der Waals surface area contributed by atoms with Gasteiger partial charge in [0, 0.05) is 13.1 Å². The zero-order valence-corrected chi connectivity index (χ0v) is 9.82. The SMILES string of the molecule is CNc1cc(NCc2ccc(C)o2)nc(N)n1. The molecule has 0 fully saturated rings. The summed E-state index contributed by atoms with van der Waals surface area (Å²) >= 11 is 0. The fraction of sp³-hybridized carbons (Fsp3) is 0.273. The quantitative estimate of drug-likeness (QED) is 0.743. The van der Waals surface area contributed by atoms with E-state index < -0.39 is 0 Å². The first-order chi connectivity index (χ1) is 8.17. The van der Waals surface area contributed by atoms with Crippen molar-refractivity contribution in [3.63, 3.8) is 0 Å². The van der Waals surface area contributed by atoms with Crippen molar-refractivity contribution in [1.29, 1.82) is 0 Å². The lowest BCUT2D eigenvalue weighted by Gasteiger charge is -2.06. The highest BCUT2D eigenvalue weighted by atomic mass is 16.3. The van der Waals surface area contributed by atoms with Gasteiger partial charge in [-0.25, -0.2) is 0 Å². The predicted molar refractivity (Wildman–Crippen MR) is 66.8 cm³/mol. The van der Waals surface area contributed by atoms with Crippen LogP contribution in [0.4, 0.5) is 17.6 Å². The van der Waals surface area contributed by atoms with E-state index in [1.807, 2.05) is 19.1 Å². The third-order valence-electron chi connectivity index (χ3n) is 2.24. The van der Waals surface area contributed by atoms with E-state index in [4.69, 9.17) is 10.2 Å². The van der Waals surface area contributed by atoms with Crippen LogP contribution in [0.2, 0.25) is 0 Å². The van der Waals surface area contributed by atoms with Crippen molar-refractivity contribution in [2.24, 2.45) is 0 Å². The van der Waals surface area contributed by atoms with Crippen molar-refractivity contribution in [3.8, 4) is 0 Å². The summed E-state index contributed by atoms with van der Waals surface area (Å²) in [4.78, 5) is 8.08. The second-order valence-corrected chi connectivity index (χ2v) is 3.61. The molecule has 0 saturated heterocycles. The largest absolute Gasteiger partial charge is 0.465 e. The molecule has 6 heteroatoms. The highest BCUT2D eigenvalue weighted by molar-refractivity contribution is 5.50. The highest BCUT2D eigenvalue weighted by Gasteiger charge is 2.02. The normalized spacial score (nSPS) is 10.2. The van der Waals surface area contributed by atoms with Gasteiger partial charge in [0.15, 0.2) is 0 Å². The lowest BCUT2D eigenvalue weighted by Crippen LogP contribution is -2.05. The lowest BCUT2D eigenvalue weighted by atomic mass is 10.4. The van der Waals surface area contributed by atoms with Crippen LogP contribution in [0.1, 0.15) is 11.5 Å². The van der Waals surface area contributed by atoms with Gasteiger partial charge in [0.2, 0.25) is 5.95 Å². The molecule has 90 valence electrons. The molecule has 17 heavy (non-hydrogen) atoms. The summed E-state index contributed by atoms with van der Waals surface area (Å²) in [6.45, 7) is 2.47. The fourth-order valence-corrected chi connectivity index (χ4v) is 1.44. The lowest BCUT2D eigenvalue weighted by molar-refractivity contribution is 0.490. The third-order valence-corrected chi connectivity index (χ3v) is 2.24. The van der Waals surface area contributed by atoms with Crippen LogP contribution in [0.15, 0.2) is 22.6 Å². The van der Waals surface area contributed by atoms with Gasteiger partial charge in [-0.05, 0) is 19.1 Å². The summed E-state index contributed by atoms with van der Waals surface area (Å²) in [6, 6.07) is 5.63. The number of aryl methyl sites for hydroxylation is 1. The van der Waals surface area contributed by atoms with Crippen molar-refractivity contribution >= 4 is 17.6 Å². The number of nitrogen functional groups attached to an aromatic ring is 1. The van der Waals surface area contributed by atoms with Gasteiger partial charge < -0.3 is 20.8 Å². The molecule has 0 aliphatic heterocycles. The van der Waals surface area contributed by atoms with Crippen molar-refractivity contribution in [2.75, 3.05) is 23.4 Å². The second-order valence-electron chi connectivity index (χ2n) is 3.61. The Hall–Kier alpha value is -2.24. The summed E-state index contributed by atoms with van der Waals surface area (Å²) in [7, 11) is 1.78. The van der Waals surface area contributed by atoms with E-state index in [0.717, 1.165) is 11.5 Å². The molecular weight excluding hydrogens is 218 g/mol. The Morgan fingerprint density at radius 3 is 2.71 bits per heavy atom. The third kappa shape index (κ3) is 2.87. The molecule has 0 aliphatic rings. The Balaban J connectivity index is 2.05. The number of nitrogens with zero attached hydrogens (tertiary/aromatic N) is 2. The standard InChI is InChI=1S/C11H15N5O/c1-7-3-4-8(17-7)6-14-10-5-9(13-2)15-11(12)16-10/h3-5H,6H2,1-2H3,(H4,12,13,14,15,16). The predicted octanol–water partition coefficient (Wildman–Crippen LogP) is 1.61. The maximum absolute atomic E-state index is 5.58. The summed E-state index contributed by atoms with van der Waals surface area (Å²) in [5.41, 5.74) is 5.58. The summed E-state index contributed by atoms with van der Waals surface area (Å²) in [5.74, 6) is 3.31. The van der Waals surface area contributed by atoms with Gasteiger partial charge in [0.1, 0.15) is 23.2 Å². The van der Waals surface area contributed by atoms with Crippen LogP contribution in [0.25, 0.3) is 0 Å². The number of furan rings is 1. The smallest absolute Gasteiger partial charge is 0.223 e. The van der Waals surface area contributed by atoms with Crippen LogP contribution in [0.5, 0.6) is 0 Å². The summed E-state index contributed by atoms with van der Waals surface area (Å²) < 4.78 is 5.44. The van der Waals surface area contributed by atoms with Crippen LogP contribution in [0.3, 0.4) is 0 Å². The van der Waals surface area contributed by atoms with E-state index in [1.165, 1.54) is 0 Å². The molecule has 2 heterocycles. The van der Waals surface area contributed by atoms with Crippen molar-refractivity contribution in [3.05, 3.63) is 29.7 Å². The van der Waals surface area contributed by atoms with Gasteiger partial charge in [-0.3, -0.25) is 0 Å². The first kappa shape index (κ1) is 11.3. The van der Waals surface area contributed by atoms with Crippen molar-refractivity contribution in [1.82, 2.24) is 9.97 Å². The Labute approximate surface area is 99.3 Å². The molecule has 0 spiro atoms. The molecular formula is C11H15N5O. The van der Waals surface area contributed by atoms with E-state index in [9.17, 15) is 0 Å². The van der Waals surface area contributed by atoms with Gasteiger partial charge in [-0.15, -0.1) is 0 Å². The molecule has 6 nitrogen and oxygen atoms in total. The zero-order chi connectivity index (χ0) is 12.3. The maximum atomic E-state index is 5.58. The van der Waals surface area contributed by atoms with Crippen molar-refractivity contribution in [2.45, 2.75) is 13.5 Å². The minimum absolute atomic E-state index is 0.231. The minimum Gasteiger partial charge on any atom is -0.465 e. The molecule has 0 saturated carbocycles. The van der Waals surface area contributed by atoms with Gasteiger partial charge in [-0.2, -0.15) is 9.97 Å². The number of hydrogen-bond acceptors (Lipinski definition) is 6. The van der Waals surface area contributed by atoms with Gasteiger partial charge in [-0.1, -0.05) is 0 Å². The number of anilines is 3. The Morgan fingerprint density at radius 1 is 1.29 bits per heavy atom. The first-order valence-electron chi connectivity index (χ1n) is 5.29. The molecule has 0 amide bonds.